The molecule has 0 radical (unpaired) electrons. The van der Waals surface area contributed by atoms with Gasteiger partial charge in [-0.1, -0.05) is 25.4 Å². The maximum atomic E-state index is 9.58. The van der Waals surface area contributed by atoms with Gasteiger partial charge in [-0.2, -0.15) is 0 Å². The number of benzene rings is 1. The van der Waals surface area contributed by atoms with Crippen LogP contribution in [0.2, 0.25) is 5.02 Å². The predicted molar refractivity (Wildman–Crippen MR) is 73.4 cm³/mol. The van der Waals surface area contributed by atoms with Gasteiger partial charge in [0.2, 0.25) is 0 Å². The lowest BCUT2D eigenvalue weighted by Gasteiger charge is -2.15. The highest BCUT2D eigenvalue weighted by atomic mass is 35.5. The van der Waals surface area contributed by atoms with Crippen LogP contribution < -0.4 is 0 Å². The first kappa shape index (κ1) is 14.0. The summed E-state index contributed by atoms with van der Waals surface area (Å²) in [6.07, 6.45) is 1.67. The van der Waals surface area contributed by atoms with Crippen LogP contribution in [0.25, 0.3) is 0 Å². The molecule has 17 heavy (non-hydrogen) atoms. The summed E-state index contributed by atoms with van der Waals surface area (Å²) in [7, 11) is 0. The molecule has 1 rings (SSSR count). The maximum Gasteiger partial charge on any atom is 0.124 e. The maximum absolute atomic E-state index is 9.58. The molecule has 0 aromatic heterocycles. The molecule has 0 aliphatic rings. The Labute approximate surface area is 108 Å². The summed E-state index contributed by atoms with van der Waals surface area (Å²) in [5.41, 5.74) is 0.664. The lowest BCUT2D eigenvalue weighted by atomic mass is 10.2. The third-order valence-corrected chi connectivity index (χ3v) is 2.89. The van der Waals surface area contributed by atoms with Gasteiger partial charge >= 0.3 is 0 Å². The molecule has 0 aliphatic heterocycles. The average Bonchev–Trinajstić information content (AvgIpc) is 2.33. The number of aliphatic imine (C=N–C) groups is 1. The molecule has 0 spiro atoms. The van der Waals surface area contributed by atoms with E-state index in [1.54, 1.807) is 24.4 Å². The second-order valence-corrected chi connectivity index (χ2v) is 4.20. The number of hydrogen-bond donors (Lipinski definition) is 1. The Morgan fingerprint density at radius 2 is 2.06 bits per heavy atom. The highest BCUT2D eigenvalue weighted by Gasteiger charge is 1.99. The van der Waals surface area contributed by atoms with Gasteiger partial charge < -0.3 is 10.0 Å². The first-order valence-corrected chi connectivity index (χ1v) is 6.25. The Balaban J connectivity index is 2.50. The summed E-state index contributed by atoms with van der Waals surface area (Å²) in [6.45, 7) is 8.01. The van der Waals surface area contributed by atoms with Gasteiger partial charge in [-0.05, 0) is 31.3 Å². The zero-order valence-corrected chi connectivity index (χ0v) is 11.1. The quantitative estimate of drug-likeness (QED) is 0.793. The normalized spacial score (nSPS) is 11.5. The lowest BCUT2D eigenvalue weighted by molar-refractivity contribution is 0.313. The lowest BCUT2D eigenvalue weighted by Crippen LogP contribution is -2.25. The Hall–Kier alpha value is -1.06. The van der Waals surface area contributed by atoms with Gasteiger partial charge in [-0.15, -0.1) is 0 Å². The largest absolute Gasteiger partial charge is 0.507 e. The molecule has 0 unspecified atom stereocenters. The second kappa shape index (κ2) is 7.30. The van der Waals surface area contributed by atoms with Gasteiger partial charge in [0.15, 0.2) is 0 Å². The summed E-state index contributed by atoms with van der Waals surface area (Å²) >= 11 is 5.84. The Morgan fingerprint density at radius 1 is 1.35 bits per heavy atom. The third-order valence-electron chi connectivity index (χ3n) is 2.66. The molecule has 0 atom stereocenters. The van der Waals surface area contributed by atoms with Crippen molar-refractivity contribution in [2.75, 3.05) is 26.2 Å². The number of phenolic OH excluding ortho intramolecular Hbond substituents is 1. The topological polar surface area (TPSA) is 35.8 Å². The summed E-state index contributed by atoms with van der Waals surface area (Å²) in [6, 6.07) is 4.94. The van der Waals surface area contributed by atoms with Crippen molar-refractivity contribution in [3.8, 4) is 5.75 Å². The van der Waals surface area contributed by atoms with Gasteiger partial charge in [-0.25, -0.2) is 0 Å². The SMILES string of the molecule is CCN(CC)CCN=Cc1cc(Cl)ccc1O. The molecule has 0 fully saturated rings. The van der Waals surface area contributed by atoms with E-state index in [-0.39, 0.29) is 5.75 Å². The van der Waals surface area contributed by atoms with E-state index in [1.165, 1.54) is 0 Å². The molecule has 1 N–H and O–H groups in total. The van der Waals surface area contributed by atoms with Crippen molar-refractivity contribution in [3.63, 3.8) is 0 Å². The fourth-order valence-electron chi connectivity index (χ4n) is 1.53. The summed E-state index contributed by atoms with van der Waals surface area (Å²) in [5, 5.41) is 10.2. The molecular weight excluding hydrogens is 236 g/mol. The van der Waals surface area contributed by atoms with Crippen LogP contribution in [0, 0.1) is 0 Å². The van der Waals surface area contributed by atoms with E-state index in [0.717, 1.165) is 26.2 Å². The van der Waals surface area contributed by atoms with Crippen molar-refractivity contribution in [3.05, 3.63) is 28.8 Å². The Kier molecular flexibility index (Phi) is 6.01. The Morgan fingerprint density at radius 3 is 2.71 bits per heavy atom. The predicted octanol–water partition coefficient (Wildman–Crippen LogP) is 2.81. The molecule has 1 aromatic carbocycles. The molecule has 0 saturated heterocycles. The molecule has 94 valence electrons. The van der Waals surface area contributed by atoms with E-state index in [1.807, 2.05) is 0 Å². The van der Waals surface area contributed by atoms with E-state index in [9.17, 15) is 5.11 Å². The summed E-state index contributed by atoms with van der Waals surface area (Å²) in [4.78, 5) is 6.59. The molecule has 4 heteroatoms. The third kappa shape index (κ3) is 4.75. The molecular formula is C13H19ClN2O. The average molecular weight is 255 g/mol. The fraction of sp³-hybridized carbons (Fsp3) is 0.462. The highest BCUT2D eigenvalue weighted by molar-refractivity contribution is 6.30. The minimum atomic E-state index is 0.209. The molecule has 3 nitrogen and oxygen atoms in total. The van der Waals surface area contributed by atoms with Crippen LogP contribution in [-0.4, -0.2) is 42.4 Å². The number of likely N-dealkylation sites (N-methyl/N-ethyl adjacent to an activating group) is 1. The number of rotatable bonds is 6. The van der Waals surface area contributed by atoms with Crippen LogP contribution in [0.4, 0.5) is 0 Å². The monoisotopic (exact) mass is 254 g/mol. The minimum Gasteiger partial charge on any atom is -0.507 e. The molecule has 1 aromatic rings. The van der Waals surface area contributed by atoms with Crippen molar-refractivity contribution in [2.24, 2.45) is 4.99 Å². The van der Waals surface area contributed by atoms with Crippen LogP contribution in [0.15, 0.2) is 23.2 Å². The number of phenols is 1. The van der Waals surface area contributed by atoms with Crippen LogP contribution in [0.3, 0.4) is 0 Å². The zero-order chi connectivity index (χ0) is 12.7. The van der Waals surface area contributed by atoms with E-state index in [0.29, 0.717) is 10.6 Å². The summed E-state index contributed by atoms with van der Waals surface area (Å²) in [5.74, 6) is 0.209. The van der Waals surface area contributed by atoms with Gasteiger partial charge in [0.05, 0.1) is 6.54 Å². The number of halogens is 1. The molecule has 0 saturated carbocycles. The number of nitrogens with zero attached hydrogens (tertiary/aromatic N) is 2. The highest BCUT2D eigenvalue weighted by Crippen LogP contribution is 2.19. The van der Waals surface area contributed by atoms with E-state index < -0.39 is 0 Å². The number of hydrogen-bond acceptors (Lipinski definition) is 3. The zero-order valence-electron chi connectivity index (χ0n) is 10.4. The Bertz CT molecular complexity index is 376. The van der Waals surface area contributed by atoms with E-state index >= 15 is 0 Å². The number of aromatic hydroxyl groups is 1. The minimum absolute atomic E-state index is 0.209. The summed E-state index contributed by atoms with van der Waals surface area (Å²) < 4.78 is 0. The van der Waals surface area contributed by atoms with Crippen molar-refractivity contribution in [2.45, 2.75) is 13.8 Å². The van der Waals surface area contributed by atoms with Crippen molar-refractivity contribution in [1.82, 2.24) is 4.90 Å². The van der Waals surface area contributed by atoms with E-state index in [4.69, 9.17) is 11.6 Å². The molecule has 0 heterocycles. The molecule has 0 amide bonds. The van der Waals surface area contributed by atoms with Gasteiger partial charge in [-0.3, -0.25) is 4.99 Å². The fourth-order valence-corrected chi connectivity index (χ4v) is 1.71. The standard InChI is InChI=1S/C13H19ClN2O/c1-3-16(4-2)8-7-15-10-11-9-12(14)5-6-13(11)17/h5-6,9-10,17H,3-4,7-8H2,1-2H3. The van der Waals surface area contributed by atoms with Gasteiger partial charge in [0, 0.05) is 23.3 Å². The molecule has 0 aliphatic carbocycles. The van der Waals surface area contributed by atoms with Crippen LogP contribution in [0.5, 0.6) is 5.75 Å². The van der Waals surface area contributed by atoms with Crippen molar-refractivity contribution >= 4 is 17.8 Å². The van der Waals surface area contributed by atoms with Crippen LogP contribution in [-0.2, 0) is 0 Å². The smallest absolute Gasteiger partial charge is 0.124 e. The van der Waals surface area contributed by atoms with Gasteiger partial charge in [0.1, 0.15) is 5.75 Å². The molecule has 0 bridgehead atoms. The van der Waals surface area contributed by atoms with Crippen molar-refractivity contribution in [1.29, 1.82) is 0 Å². The first-order chi connectivity index (χ1) is 8.17. The first-order valence-electron chi connectivity index (χ1n) is 5.88. The second-order valence-electron chi connectivity index (χ2n) is 3.77. The van der Waals surface area contributed by atoms with Gasteiger partial charge in [0.25, 0.3) is 0 Å². The van der Waals surface area contributed by atoms with Crippen molar-refractivity contribution < 1.29 is 5.11 Å². The van der Waals surface area contributed by atoms with Crippen LogP contribution in [0.1, 0.15) is 19.4 Å². The van der Waals surface area contributed by atoms with Crippen LogP contribution >= 0.6 is 11.6 Å². The van der Waals surface area contributed by atoms with E-state index in [2.05, 4.69) is 23.7 Å².